The number of anilines is 1. The van der Waals surface area contributed by atoms with E-state index in [1.807, 2.05) is 29.2 Å². The first-order valence-electron chi connectivity index (χ1n) is 15.9. The van der Waals surface area contributed by atoms with E-state index in [1.54, 1.807) is 0 Å². The molecule has 1 aliphatic rings. The smallest absolute Gasteiger partial charge is 0.229 e. The maximum absolute atomic E-state index is 6.68. The molecule has 8 heteroatoms. The predicted molar refractivity (Wildman–Crippen MR) is 177 cm³/mol. The van der Waals surface area contributed by atoms with Crippen molar-refractivity contribution < 1.29 is 4.42 Å². The number of hydrogen-bond acceptors (Lipinski definition) is 8. The lowest BCUT2D eigenvalue weighted by Crippen LogP contribution is -2.53. The van der Waals surface area contributed by atoms with Crippen LogP contribution in [0.1, 0.15) is 102 Å². The van der Waals surface area contributed by atoms with Crippen molar-refractivity contribution in [2.75, 3.05) is 4.90 Å². The number of fused-ring (bicyclic) bond motifs is 1. The molecule has 3 aromatic rings. The summed E-state index contributed by atoms with van der Waals surface area (Å²) in [7, 11) is 0. The summed E-state index contributed by atoms with van der Waals surface area (Å²) in [5, 5.41) is 0. The highest BCUT2D eigenvalue weighted by Gasteiger charge is 2.34. The lowest BCUT2D eigenvalue weighted by molar-refractivity contribution is 0.565. The molecule has 4 rings (SSSR count). The van der Waals surface area contributed by atoms with Crippen LogP contribution in [0.3, 0.4) is 0 Å². The number of hydrogen-bond donors (Lipinski definition) is 3. The van der Waals surface area contributed by atoms with Gasteiger partial charge in [0.15, 0.2) is 11.9 Å². The van der Waals surface area contributed by atoms with Gasteiger partial charge < -0.3 is 15.9 Å². The van der Waals surface area contributed by atoms with Crippen molar-refractivity contribution in [3.05, 3.63) is 46.5 Å². The van der Waals surface area contributed by atoms with E-state index in [4.69, 9.17) is 26.6 Å². The average Bonchev–Trinajstić information content (AvgIpc) is 3.36. The summed E-state index contributed by atoms with van der Waals surface area (Å²) in [5.74, 6) is 2.04. The number of benzene rings is 2. The SMILES string of the molecule is CCCCCCc1c(CCC(C)C)c(CCC(C)C)c(-c2nc3ccccc3o2)c(N2C(N)=NC(N)=NC2N)c1CC. The van der Waals surface area contributed by atoms with Crippen LogP contribution in [0.2, 0.25) is 0 Å². The van der Waals surface area contributed by atoms with Gasteiger partial charge in [0.2, 0.25) is 17.8 Å². The van der Waals surface area contributed by atoms with Gasteiger partial charge in [0.05, 0.1) is 11.3 Å². The van der Waals surface area contributed by atoms with Crippen LogP contribution in [0.5, 0.6) is 0 Å². The van der Waals surface area contributed by atoms with E-state index >= 15 is 0 Å². The fraction of sp³-hybridized carbons (Fsp3) is 0.559. The number of oxazole rings is 1. The van der Waals surface area contributed by atoms with Crippen LogP contribution < -0.4 is 22.1 Å². The third-order valence-corrected chi connectivity index (χ3v) is 8.25. The monoisotopic (exact) mass is 573 g/mol. The third kappa shape index (κ3) is 6.97. The van der Waals surface area contributed by atoms with Crippen molar-refractivity contribution in [2.24, 2.45) is 39.0 Å². The van der Waals surface area contributed by atoms with Crippen molar-refractivity contribution >= 4 is 28.7 Å². The minimum Gasteiger partial charge on any atom is -0.436 e. The van der Waals surface area contributed by atoms with E-state index in [2.05, 4.69) is 51.5 Å². The largest absolute Gasteiger partial charge is 0.436 e. The minimum atomic E-state index is -0.802. The van der Waals surface area contributed by atoms with Crippen LogP contribution in [-0.2, 0) is 25.7 Å². The number of nitrogens with zero attached hydrogens (tertiary/aromatic N) is 4. The second kappa shape index (κ2) is 14.2. The van der Waals surface area contributed by atoms with Crippen molar-refractivity contribution in [1.82, 2.24) is 4.98 Å². The Morgan fingerprint density at radius 1 is 0.857 bits per heavy atom. The van der Waals surface area contributed by atoms with Crippen LogP contribution in [0.4, 0.5) is 5.69 Å². The molecule has 0 saturated carbocycles. The molecular formula is C34H51N7O. The molecule has 0 amide bonds. The van der Waals surface area contributed by atoms with Crippen molar-refractivity contribution in [3.63, 3.8) is 0 Å². The van der Waals surface area contributed by atoms with E-state index in [0.29, 0.717) is 17.7 Å². The van der Waals surface area contributed by atoms with Crippen molar-refractivity contribution in [2.45, 2.75) is 112 Å². The number of rotatable bonds is 14. The standard InChI is InChI=1S/C34H51N7O/c1-7-9-10-11-14-24-23(8-2)30(41-33(36)39-32(35)40-34(41)37)29(31-38-27-15-12-13-16-28(27)42-31)26(20-18-22(5)6)25(24)19-17-21(3)4/h12-13,15-16,21-22,33H,7-11,14,17-20,36H2,1-6H3,(H4,35,37,39,40). The van der Waals surface area contributed by atoms with E-state index < -0.39 is 6.29 Å². The summed E-state index contributed by atoms with van der Waals surface area (Å²) in [4.78, 5) is 15.7. The molecule has 2 heterocycles. The van der Waals surface area contributed by atoms with Gasteiger partial charge in [-0.3, -0.25) is 10.6 Å². The molecule has 1 aliphatic heterocycles. The Balaban J connectivity index is 2.10. The molecular weight excluding hydrogens is 522 g/mol. The maximum Gasteiger partial charge on any atom is 0.229 e. The number of nitrogens with two attached hydrogens (primary N) is 3. The predicted octanol–water partition coefficient (Wildman–Crippen LogP) is 7.05. The molecule has 2 aromatic carbocycles. The first kappa shape index (κ1) is 31.5. The minimum absolute atomic E-state index is 0.0890. The normalized spacial score (nSPS) is 15.6. The molecule has 8 nitrogen and oxygen atoms in total. The summed E-state index contributed by atoms with van der Waals surface area (Å²) < 4.78 is 6.54. The zero-order valence-corrected chi connectivity index (χ0v) is 26.5. The molecule has 0 bridgehead atoms. The Hall–Kier alpha value is -3.39. The summed E-state index contributed by atoms with van der Waals surface area (Å²) >= 11 is 0. The van der Waals surface area contributed by atoms with E-state index in [1.165, 1.54) is 41.5 Å². The fourth-order valence-corrected chi connectivity index (χ4v) is 6.06. The number of para-hydroxylation sites is 2. The lowest BCUT2D eigenvalue weighted by Gasteiger charge is -2.35. The molecule has 1 atom stereocenters. The molecule has 1 aromatic heterocycles. The van der Waals surface area contributed by atoms with Crippen LogP contribution in [0, 0.1) is 11.8 Å². The maximum atomic E-state index is 6.68. The number of aromatic nitrogens is 1. The number of unbranched alkanes of at least 4 members (excludes halogenated alkanes) is 3. The molecule has 42 heavy (non-hydrogen) atoms. The number of aliphatic imine (C=N–C) groups is 2. The van der Waals surface area contributed by atoms with E-state index in [0.717, 1.165) is 67.3 Å². The van der Waals surface area contributed by atoms with Crippen LogP contribution in [-0.4, -0.2) is 23.2 Å². The Morgan fingerprint density at radius 2 is 1.52 bits per heavy atom. The second-order valence-corrected chi connectivity index (χ2v) is 12.4. The van der Waals surface area contributed by atoms with Gasteiger partial charge in [-0.2, -0.15) is 4.99 Å². The Labute approximate surface area is 251 Å². The van der Waals surface area contributed by atoms with Gasteiger partial charge in [0.1, 0.15) is 5.52 Å². The van der Waals surface area contributed by atoms with Gasteiger partial charge in [0.25, 0.3) is 0 Å². The van der Waals surface area contributed by atoms with E-state index in [-0.39, 0.29) is 11.9 Å². The van der Waals surface area contributed by atoms with Gasteiger partial charge in [0, 0.05) is 0 Å². The average molecular weight is 574 g/mol. The first-order valence-corrected chi connectivity index (χ1v) is 15.9. The van der Waals surface area contributed by atoms with Crippen LogP contribution in [0.25, 0.3) is 22.6 Å². The van der Waals surface area contributed by atoms with Crippen LogP contribution >= 0.6 is 0 Å². The molecule has 0 aliphatic carbocycles. The van der Waals surface area contributed by atoms with Crippen molar-refractivity contribution in [3.8, 4) is 11.5 Å². The summed E-state index contributed by atoms with van der Waals surface area (Å²) in [6.45, 7) is 13.6. The summed E-state index contributed by atoms with van der Waals surface area (Å²) in [6.07, 6.45) is 9.88. The zero-order chi connectivity index (χ0) is 30.4. The molecule has 0 saturated heterocycles. The highest BCUT2D eigenvalue weighted by atomic mass is 16.3. The molecule has 0 fully saturated rings. The van der Waals surface area contributed by atoms with Gasteiger partial charge in [-0.1, -0.05) is 72.9 Å². The topological polar surface area (TPSA) is 132 Å². The summed E-state index contributed by atoms with van der Waals surface area (Å²) in [6, 6.07) is 7.93. The van der Waals surface area contributed by atoms with Gasteiger partial charge in [-0.25, -0.2) is 9.98 Å². The Morgan fingerprint density at radius 3 is 2.14 bits per heavy atom. The molecule has 0 spiro atoms. The molecule has 1 unspecified atom stereocenters. The molecule has 6 N–H and O–H groups in total. The van der Waals surface area contributed by atoms with Crippen LogP contribution in [0.15, 0.2) is 38.7 Å². The molecule has 0 radical (unpaired) electrons. The number of guanidine groups is 2. The zero-order valence-electron chi connectivity index (χ0n) is 26.5. The van der Waals surface area contributed by atoms with E-state index in [9.17, 15) is 0 Å². The van der Waals surface area contributed by atoms with Gasteiger partial charge in [-0.15, -0.1) is 0 Å². The third-order valence-electron chi connectivity index (χ3n) is 8.25. The Bertz CT molecular complexity index is 1390. The fourth-order valence-electron chi connectivity index (χ4n) is 6.06. The second-order valence-electron chi connectivity index (χ2n) is 12.4. The lowest BCUT2D eigenvalue weighted by atomic mass is 9.80. The summed E-state index contributed by atoms with van der Waals surface area (Å²) in [5.41, 5.74) is 28.1. The molecule has 228 valence electrons. The quantitative estimate of drug-likeness (QED) is 0.177. The Kier molecular flexibility index (Phi) is 10.7. The van der Waals surface area contributed by atoms with Gasteiger partial charge in [-0.05, 0) is 91.2 Å². The highest BCUT2D eigenvalue weighted by molar-refractivity contribution is 6.07. The first-order chi connectivity index (χ1) is 20.2. The van der Waals surface area contributed by atoms with Crippen molar-refractivity contribution in [1.29, 1.82) is 0 Å². The highest BCUT2D eigenvalue weighted by Crippen LogP contribution is 2.45. The van der Waals surface area contributed by atoms with Gasteiger partial charge >= 0.3 is 0 Å².